The van der Waals surface area contributed by atoms with Gasteiger partial charge in [0.1, 0.15) is 5.82 Å². The van der Waals surface area contributed by atoms with E-state index in [1.165, 1.54) is 23.9 Å². The summed E-state index contributed by atoms with van der Waals surface area (Å²) >= 11 is 1.41. The molecule has 0 aromatic heterocycles. The van der Waals surface area contributed by atoms with Crippen molar-refractivity contribution in [3.8, 4) is 0 Å². The molecule has 1 fully saturated rings. The summed E-state index contributed by atoms with van der Waals surface area (Å²) in [7, 11) is 0. The van der Waals surface area contributed by atoms with Crippen molar-refractivity contribution in [1.29, 1.82) is 0 Å². The summed E-state index contributed by atoms with van der Waals surface area (Å²) in [5, 5.41) is 5.71. The first kappa shape index (κ1) is 17.5. The molecule has 6 heteroatoms. The molecule has 0 radical (unpaired) electrons. The van der Waals surface area contributed by atoms with Crippen LogP contribution in [0.1, 0.15) is 28.8 Å². The average Bonchev–Trinajstić information content (AvgIpc) is 3.39. The van der Waals surface area contributed by atoms with Crippen molar-refractivity contribution < 1.29 is 14.0 Å². The van der Waals surface area contributed by atoms with E-state index >= 15 is 0 Å². The molecule has 0 saturated heterocycles. The van der Waals surface area contributed by atoms with Gasteiger partial charge in [0.05, 0.1) is 5.75 Å². The van der Waals surface area contributed by atoms with E-state index in [9.17, 15) is 14.0 Å². The van der Waals surface area contributed by atoms with Crippen molar-refractivity contribution in [3.05, 3.63) is 65.5 Å². The number of carbonyl (C=O) groups is 2. The molecule has 4 nitrogen and oxygen atoms in total. The predicted octanol–water partition coefficient (Wildman–Crippen LogP) is 3.59. The Labute approximate surface area is 150 Å². The number of benzene rings is 2. The fraction of sp³-hybridized carbons (Fsp3) is 0.263. The Kier molecular flexibility index (Phi) is 5.71. The monoisotopic (exact) mass is 358 g/mol. The van der Waals surface area contributed by atoms with E-state index in [0.29, 0.717) is 23.0 Å². The first-order chi connectivity index (χ1) is 12.1. The van der Waals surface area contributed by atoms with E-state index in [2.05, 4.69) is 10.6 Å². The normalized spacial score (nSPS) is 13.3. The molecule has 1 saturated carbocycles. The molecule has 130 valence electrons. The number of halogens is 1. The molecule has 0 spiro atoms. The summed E-state index contributed by atoms with van der Waals surface area (Å²) in [4.78, 5) is 24.1. The van der Waals surface area contributed by atoms with Crippen LogP contribution in [0.4, 0.5) is 10.1 Å². The van der Waals surface area contributed by atoms with E-state index in [1.54, 1.807) is 30.3 Å². The molecule has 1 aliphatic rings. The van der Waals surface area contributed by atoms with Gasteiger partial charge in [0.2, 0.25) is 5.91 Å². The van der Waals surface area contributed by atoms with Crippen molar-refractivity contribution in [3.63, 3.8) is 0 Å². The van der Waals surface area contributed by atoms with E-state index in [0.717, 1.165) is 18.4 Å². The summed E-state index contributed by atoms with van der Waals surface area (Å²) in [5.41, 5.74) is 1.98. The van der Waals surface area contributed by atoms with Crippen molar-refractivity contribution in [2.45, 2.75) is 24.6 Å². The summed E-state index contributed by atoms with van der Waals surface area (Å²) in [6, 6.07) is 13.5. The number of hydrogen-bond donors (Lipinski definition) is 2. The molecular formula is C19H19FN2O2S. The minimum Gasteiger partial charge on any atom is -0.349 e. The van der Waals surface area contributed by atoms with Crippen molar-refractivity contribution in [1.82, 2.24) is 5.32 Å². The van der Waals surface area contributed by atoms with Crippen LogP contribution in [0.3, 0.4) is 0 Å². The molecule has 2 aromatic rings. The zero-order valence-electron chi connectivity index (χ0n) is 13.6. The van der Waals surface area contributed by atoms with Crippen molar-refractivity contribution in [2.24, 2.45) is 0 Å². The van der Waals surface area contributed by atoms with E-state index in [1.807, 2.05) is 6.07 Å². The molecule has 0 bridgehead atoms. The quantitative estimate of drug-likeness (QED) is 0.795. The number of nitrogens with one attached hydrogen (secondary N) is 2. The van der Waals surface area contributed by atoms with Crippen LogP contribution in [-0.4, -0.2) is 23.6 Å². The molecule has 0 heterocycles. The second-order valence-corrected chi connectivity index (χ2v) is 6.99. The van der Waals surface area contributed by atoms with Gasteiger partial charge in [-0.3, -0.25) is 9.59 Å². The van der Waals surface area contributed by atoms with Gasteiger partial charge >= 0.3 is 0 Å². The number of carbonyl (C=O) groups excluding carboxylic acids is 2. The number of anilines is 1. The van der Waals surface area contributed by atoms with E-state index < -0.39 is 0 Å². The third-order valence-electron chi connectivity index (χ3n) is 3.71. The van der Waals surface area contributed by atoms with Crippen LogP contribution in [0, 0.1) is 5.82 Å². The average molecular weight is 358 g/mol. The fourth-order valence-electron chi connectivity index (χ4n) is 2.32. The topological polar surface area (TPSA) is 58.2 Å². The van der Waals surface area contributed by atoms with Gasteiger partial charge in [-0.05, 0) is 48.7 Å². The second kappa shape index (κ2) is 8.16. The molecule has 2 N–H and O–H groups in total. The first-order valence-corrected chi connectivity index (χ1v) is 9.28. The minimum absolute atomic E-state index is 0.112. The highest BCUT2D eigenvalue weighted by Crippen LogP contribution is 2.20. The molecule has 2 amide bonds. The first-order valence-electron chi connectivity index (χ1n) is 8.13. The zero-order chi connectivity index (χ0) is 17.6. The van der Waals surface area contributed by atoms with Gasteiger partial charge in [0.15, 0.2) is 0 Å². The lowest BCUT2D eigenvalue weighted by Gasteiger charge is -2.08. The van der Waals surface area contributed by atoms with Crippen LogP contribution in [0.2, 0.25) is 0 Å². The molecule has 0 aliphatic heterocycles. The summed E-state index contributed by atoms with van der Waals surface area (Å²) in [6.45, 7) is 0. The Hall–Kier alpha value is -2.34. The minimum atomic E-state index is -0.274. The van der Waals surface area contributed by atoms with Gasteiger partial charge in [-0.1, -0.05) is 18.2 Å². The summed E-state index contributed by atoms with van der Waals surface area (Å²) in [5.74, 6) is 0.286. The molecule has 3 rings (SSSR count). The molecule has 1 aliphatic carbocycles. The maximum Gasteiger partial charge on any atom is 0.251 e. The molecule has 0 atom stereocenters. The van der Waals surface area contributed by atoms with Gasteiger partial charge in [-0.25, -0.2) is 4.39 Å². The van der Waals surface area contributed by atoms with E-state index in [-0.39, 0.29) is 23.4 Å². The van der Waals surface area contributed by atoms with Gasteiger partial charge in [-0.15, -0.1) is 11.8 Å². The fourth-order valence-corrected chi connectivity index (χ4v) is 3.09. The Bertz CT molecular complexity index is 778. The van der Waals surface area contributed by atoms with Crippen molar-refractivity contribution in [2.75, 3.05) is 11.1 Å². The molecular weight excluding hydrogens is 339 g/mol. The van der Waals surface area contributed by atoms with Crippen LogP contribution >= 0.6 is 11.8 Å². The number of thioether (sulfide) groups is 1. The molecule has 0 unspecified atom stereocenters. The van der Waals surface area contributed by atoms with Crippen LogP contribution in [0.25, 0.3) is 0 Å². The lowest BCUT2D eigenvalue weighted by Crippen LogP contribution is -2.25. The second-order valence-electron chi connectivity index (χ2n) is 6.00. The lowest BCUT2D eigenvalue weighted by molar-refractivity contribution is -0.113. The lowest BCUT2D eigenvalue weighted by atomic mass is 10.2. The number of rotatable bonds is 7. The van der Waals surface area contributed by atoms with Crippen LogP contribution in [0.15, 0.2) is 48.5 Å². The SMILES string of the molecule is O=C(CSCc1cccc(F)c1)Nc1cccc(C(=O)NC2CC2)c1. The third kappa shape index (κ3) is 5.60. The highest BCUT2D eigenvalue weighted by atomic mass is 32.2. The number of amides is 2. The summed E-state index contributed by atoms with van der Waals surface area (Å²) < 4.78 is 13.1. The van der Waals surface area contributed by atoms with Crippen LogP contribution in [-0.2, 0) is 10.5 Å². The van der Waals surface area contributed by atoms with E-state index in [4.69, 9.17) is 0 Å². The predicted molar refractivity (Wildman–Crippen MR) is 98.1 cm³/mol. The highest BCUT2D eigenvalue weighted by molar-refractivity contribution is 7.99. The van der Waals surface area contributed by atoms with Gasteiger partial charge in [-0.2, -0.15) is 0 Å². The zero-order valence-corrected chi connectivity index (χ0v) is 14.4. The van der Waals surface area contributed by atoms with Gasteiger partial charge in [0.25, 0.3) is 5.91 Å². The standard InChI is InChI=1S/C19H19FN2O2S/c20-15-5-1-3-13(9-15)11-25-12-18(23)21-17-6-2-4-14(10-17)19(24)22-16-7-8-16/h1-6,9-10,16H,7-8,11-12H2,(H,21,23)(H,22,24). The third-order valence-corrected chi connectivity index (χ3v) is 4.72. The Morgan fingerprint density at radius 1 is 1.12 bits per heavy atom. The maximum atomic E-state index is 13.1. The van der Waals surface area contributed by atoms with Gasteiger partial charge in [0, 0.05) is 23.0 Å². The van der Waals surface area contributed by atoms with Crippen molar-refractivity contribution >= 4 is 29.3 Å². The molecule has 25 heavy (non-hydrogen) atoms. The largest absolute Gasteiger partial charge is 0.349 e. The van der Waals surface area contributed by atoms with Crippen LogP contribution < -0.4 is 10.6 Å². The Morgan fingerprint density at radius 3 is 2.68 bits per heavy atom. The van der Waals surface area contributed by atoms with Crippen LogP contribution in [0.5, 0.6) is 0 Å². The maximum absolute atomic E-state index is 13.1. The summed E-state index contributed by atoms with van der Waals surface area (Å²) in [6.07, 6.45) is 2.06. The molecule has 2 aromatic carbocycles. The Morgan fingerprint density at radius 2 is 1.92 bits per heavy atom. The smallest absolute Gasteiger partial charge is 0.251 e. The highest BCUT2D eigenvalue weighted by Gasteiger charge is 2.23. The van der Waals surface area contributed by atoms with Gasteiger partial charge < -0.3 is 10.6 Å². The Balaban J connectivity index is 1.48. The number of hydrogen-bond acceptors (Lipinski definition) is 3.